The number of nitrogens with one attached hydrogen (secondary N) is 2. The zero-order valence-corrected chi connectivity index (χ0v) is 31.1. The van der Waals surface area contributed by atoms with Crippen molar-refractivity contribution >= 4 is 22.7 Å². The van der Waals surface area contributed by atoms with Gasteiger partial charge in [0.25, 0.3) is 0 Å². The van der Waals surface area contributed by atoms with E-state index in [-0.39, 0.29) is 36.4 Å². The molecule has 0 radical (unpaired) electrons. The minimum absolute atomic E-state index is 0.00627. The molecule has 0 unspecified atom stereocenters. The third-order valence-corrected chi connectivity index (χ3v) is 10.9. The van der Waals surface area contributed by atoms with Gasteiger partial charge in [-0.05, 0) is 99.6 Å². The molecule has 2 amide bonds. The Bertz CT molecular complexity index is 1640. The fourth-order valence-corrected chi connectivity index (χ4v) is 7.85. The summed E-state index contributed by atoms with van der Waals surface area (Å²) in [6, 6.07) is 31.1. The number of ether oxygens (including phenoxy) is 1. The van der Waals surface area contributed by atoms with Crippen LogP contribution in [0.5, 0.6) is 5.75 Å². The van der Waals surface area contributed by atoms with Crippen molar-refractivity contribution in [3.05, 3.63) is 108 Å². The number of carbonyl (C=O) groups excluding carboxylic acids is 2. The quantitative estimate of drug-likeness (QED) is 0.119. The number of hydrogen-bond donors (Lipinski definition) is 3. The number of aliphatic hydroxyl groups excluding tert-OH is 1. The maximum absolute atomic E-state index is 13.5. The molecule has 9 nitrogen and oxygen atoms in total. The Balaban J connectivity index is 0.865. The predicted molar refractivity (Wildman–Crippen MR) is 211 cm³/mol. The number of benzene rings is 3. The second kappa shape index (κ2) is 20.2. The van der Waals surface area contributed by atoms with E-state index in [9.17, 15) is 14.7 Å². The molecule has 282 valence electrons. The molecule has 2 heterocycles. The van der Waals surface area contributed by atoms with E-state index >= 15 is 0 Å². The van der Waals surface area contributed by atoms with Gasteiger partial charge < -0.3 is 20.5 Å². The topological polar surface area (TPSA) is 107 Å². The highest BCUT2D eigenvalue weighted by molar-refractivity contribution is 5.84. The average molecular weight is 720 g/mol. The van der Waals surface area contributed by atoms with Crippen LogP contribution in [0, 0.1) is 5.92 Å². The fraction of sp³-hybridized carbons (Fsp3) is 0.477. The highest BCUT2D eigenvalue weighted by atomic mass is 16.5. The normalized spacial score (nSPS) is 18.8. The molecule has 1 aromatic heterocycles. The Kier molecular flexibility index (Phi) is 14.7. The van der Waals surface area contributed by atoms with Crippen molar-refractivity contribution in [2.75, 3.05) is 45.9 Å². The lowest BCUT2D eigenvalue weighted by molar-refractivity contribution is -0.127. The lowest BCUT2D eigenvalue weighted by atomic mass is 9.85. The molecular formula is C44H57N5O4. The van der Waals surface area contributed by atoms with Crippen LogP contribution in [0.1, 0.15) is 62.5 Å². The summed E-state index contributed by atoms with van der Waals surface area (Å²) in [5.74, 6) is 0.971. The molecule has 53 heavy (non-hydrogen) atoms. The summed E-state index contributed by atoms with van der Waals surface area (Å²) in [4.78, 5) is 35.3. The van der Waals surface area contributed by atoms with Crippen molar-refractivity contribution in [1.29, 1.82) is 0 Å². The molecule has 1 atom stereocenters. The standard InChI is InChI=1S/C44H57N5O4/c50-39(33-53-42-21-9-20-41-40(42)19-10-26-45-41)31-48-27-29-49(30-28-48)32-43(51)46-38-24-22-36(23-25-38)44(52)47-37(17-7-15-34-11-3-1-4-12-34)18-8-16-35-13-5-2-6-14-35/h1-6,9-14,19-21,26,36-39,50H,7-8,15-18,22-25,27-33H2,(H,46,51)(H,47,52)/t36-,38+,39-/m1/s1. The van der Waals surface area contributed by atoms with Gasteiger partial charge in [0.2, 0.25) is 11.8 Å². The van der Waals surface area contributed by atoms with E-state index in [0.29, 0.717) is 13.1 Å². The van der Waals surface area contributed by atoms with E-state index in [4.69, 9.17) is 4.74 Å². The molecule has 9 heteroatoms. The van der Waals surface area contributed by atoms with Gasteiger partial charge in [0, 0.05) is 62.3 Å². The Labute approximate surface area is 315 Å². The van der Waals surface area contributed by atoms with E-state index in [1.807, 2.05) is 30.3 Å². The molecule has 1 saturated heterocycles. The maximum atomic E-state index is 13.5. The molecular weight excluding hydrogens is 663 g/mol. The predicted octanol–water partition coefficient (Wildman–Crippen LogP) is 5.80. The number of pyridine rings is 1. The van der Waals surface area contributed by atoms with Gasteiger partial charge in [-0.1, -0.05) is 66.7 Å². The van der Waals surface area contributed by atoms with Gasteiger partial charge in [-0.15, -0.1) is 0 Å². The van der Waals surface area contributed by atoms with Crippen LogP contribution in [0.2, 0.25) is 0 Å². The molecule has 0 bridgehead atoms. The molecule has 1 saturated carbocycles. The largest absolute Gasteiger partial charge is 0.490 e. The fourth-order valence-electron chi connectivity index (χ4n) is 7.85. The minimum atomic E-state index is -0.612. The third kappa shape index (κ3) is 12.4. The molecule has 1 aliphatic carbocycles. The smallest absolute Gasteiger partial charge is 0.234 e. The average Bonchev–Trinajstić information content (AvgIpc) is 3.19. The van der Waals surface area contributed by atoms with Crippen LogP contribution in [-0.2, 0) is 22.4 Å². The summed E-state index contributed by atoms with van der Waals surface area (Å²) in [5, 5.41) is 18.3. The lowest BCUT2D eigenvalue weighted by Gasteiger charge is -2.35. The summed E-state index contributed by atoms with van der Waals surface area (Å²) in [5.41, 5.74) is 3.56. The Morgan fingerprint density at radius 1 is 0.774 bits per heavy atom. The molecule has 3 aromatic carbocycles. The number of amides is 2. The number of aliphatic hydroxyl groups is 1. The summed E-state index contributed by atoms with van der Waals surface area (Å²) in [6.07, 6.45) is 10.5. The summed E-state index contributed by atoms with van der Waals surface area (Å²) in [6.45, 7) is 4.27. The number of fused-ring (bicyclic) bond motifs is 1. The lowest BCUT2D eigenvalue weighted by Crippen LogP contribution is -2.52. The van der Waals surface area contributed by atoms with E-state index in [1.54, 1.807) is 6.20 Å². The van der Waals surface area contributed by atoms with Crippen LogP contribution in [-0.4, -0.2) is 95.8 Å². The molecule has 4 aromatic rings. The van der Waals surface area contributed by atoms with E-state index in [1.165, 1.54) is 11.1 Å². The number of hydrogen-bond acceptors (Lipinski definition) is 7. The number of piperazine rings is 1. The first-order valence-corrected chi connectivity index (χ1v) is 19.8. The number of nitrogens with zero attached hydrogens (tertiary/aromatic N) is 3. The van der Waals surface area contributed by atoms with Crippen molar-refractivity contribution in [2.24, 2.45) is 5.92 Å². The molecule has 2 aliphatic rings. The second-order valence-electron chi connectivity index (χ2n) is 14.9. The SMILES string of the molecule is O=C(CN1CCN(C[C@@H](O)COc2cccc3ncccc23)CC1)N[C@H]1CC[C@@H](C(=O)NC(CCCc2ccccc2)CCCc2ccccc2)CC1. The van der Waals surface area contributed by atoms with Gasteiger partial charge >= 0.3 is 0 Å². The Hall–Kier alpha value is -4.31. The van der Waals surface area contributed by atoms with Crippen molar-refractivity contribution in [1.82, 2.24) is 25.4 Å². The second-order valence-corrected chi connectivity index (χ2v) is 14.9. The van der Waals surface area contributed by atoms with Crippen LogP contribution >= 0.6 is 0 Å². The van der Waals surface area contributed by atoms with Crippen LogP contribution in [0.15, 0.2) is 97.2 Å². The van der Waals surface area contributed by atoms with Crippen LogP contribution in [0.25, 0.3) is 10.9 Å². The zero-order valence-electron chi connectivity index (χ0n) is 31.1. The van der Waals surface area contributed by atoms with E-state index in [2.05, 4.69) is 86.1 Å². The van der Waals surface area contributed by atoms with Crippen LogP contribution in [0.3, 0.4) is 0 Å². The number of rotatable bonds is 18. The first kappa shape index (κ1) is 38.4. The minimum Gasteiger partial charge on any atom is -0.490 e. The van der Waals surface area contributed by atoms with Gasteiger partial charge in [-0.2, -0.15) is 0 Å². The summed E-state index contributed by atoms with van der Waals surface area (Å²) >= 11 is 0. The van der Waals surface area contributed by atoms with Gasteiger partial charge in [0.05, 0.1) is 12.1 Å². The van der Waals surface area contributed by atoms with Crippen molar-refractivity contribution in [3.63, 3.8) is 0 Å². The Morgan fingerprint density at radius 2 is 1.42 bits per heavy atom. The highest BCUT2D eigenvalue weighted by Crippen LogP contribution is 2.26. The monoisotopic (exact) mass is 719 g/mol. The van der Waals surface area contributed by atoms with Gasteiger partial charge in [0.1, 0.15) is 18.5 Å². The van der Waals surface area contributed by atoms with E-state index in [0.717, 1.165) is 107 Å². The van der Waals surface area contributed by atoms with Crippen molar-refractivity contribution < 1.29 is 19.4 Å². The highest BCUT2D eigenvalue weighted by Gasteiger charge is 2.29. The summed E-state index contributed by atoms with van der Waals surface area (Å²) < 4.78 is 5.96. The maximum Gasteiger partial charge on any atom is 0.234 e. The number of aryl methyl sites for hydroxylation is 2. The molecule has 2 fully saturated rings. The molecule has 0 spiro atoms. The first-order valence-electron chi connectivity index (χ1n) is 19.8. The van der Waals surface area contributed by atoms with Gasteiger partial charge in [-0.25, -0.2) is 0 Å². The Morgan fingerprint density at radius 3 is 2.08 bits per heavy atom. The number of aromatic nitrogens is 1. The number of carbonyl (C=O) groups is 2. The number of β-amino-alcohol motifs (C(OH)–C–C–N with tert-alkyl or cyclic N) is 1. The van der Waals surface area contributed by atoms with E-state index < -0.39 is 6.10 Å². The molecule has 1 aliphatic heterocycles. The van der Waals surface area contributed by atoms with Crippen molar-refractivity contribution in [2.45, 2.75) is 82.4 Å². The molecule has 3 N–H and O–H groups in total. The van der Waals surface area contributed by atoms with Gasteiger partial charge in [0.15, 0.2) is 0 Å². The third-order valence-electron chi connectivity index (χ3n) is 10.9. The van der Waals surface area contributed by atoms with Crippen LogP contribution < -0.4 is 15.4 Å². The zero-order chi connectivity index (χ0) is 36.7. The van der Waals surface area contributed by atoms with Crippen LogP contribution in [0.4, 0.5) is 0 Å². The van der Waals surface area contributed by atoms with Crippen molar-refractivity contribution in [3.8, 4) is 5.75 Å². The first-order chi connectivity index (χ1) is 26.0. The van der Waals surface area contributed by atoms with Gasteiger partial charge in [-0.3, -0.25) is 24.4 Å². The molecule has 6 rings (SSSR count). The summed E-state index contributed by atoms with van der Waals surface area (Å²) in [7, 11) is 0.